The lowest BCUT2D eigenvalue weighted by atomic mass is 10.0. The van der Waals surface area contributed by atoms with Crippen molar-refractivity contribution < 1.29 is 5.11 Å². The fraction of sp³-hybridized carbons (Fsp3) is 0.714. The zero-order valence-corrected chi connectivity index (χ0v) is 11.5. The van der Waals surface area contributed by atoms with Crippen LogP contribution in [0.15, 0.2) is 17.5 Å². The summed E-state index contributed by atoms with van der Waals surface area (Å²) in [7, 11) is 0. The summed E-state index contributed by atoms with van der Waals surface area (Å²) in [5.41, 5.74) is 0. The standard InChI is InChI=1S/C14H23NOS/c1-10(8-11(2)16)9-15-14(12-5-6-12)13-4-3-7-17-13/h3-4,7,10-12,14-16H,5-6,8-9H2,1-2H3. The molecule has 2 rings (SSSR count). The maximum atomic E-state index is 9.37. The molecule has 0 spiro atoms. The van der Waals surface area contributed by atoms with E-state index < -0.39 is 0 Å². The highest BCUT2D eigenvalue weighted by molar-refractivity contribution is 7.10. The quantitative estimate of drug-likeness (QED) is 0.782. The molecule has 1 aliphatic carbocycles. The van der Waals surface area contributed by atoms with E-state index in [0.29, 0.717) is 12.0 Å². The molecule has 3 heteroatoms. The highest BCUT2D eigenvalue weighted by Crippen LogP contribution is 2.42. The van der Waals surface area contributed by atoms with Crippen LogP contribution in [0.2, 0.25) is 0 Å². The molecule has 17 heavy (non-hydrogen) atoms. The van der Waals surface area contributed by atoms with Crippen LogP contribution < -0.4 is 5.32 Å². The normalized spacial score (nSPS) is 21.1. The molecule has 1 aromatic rings. The molecule has 2 nitrogen and oxygen atoms in total. The Hall–Kier alpha value is -0.380. The van der Waals surface area contributed by atoms with Crippen molar-refractivity contribution in [2.24, 2.45) is 11.8 Å². The number of thiophene rings is 1. The highest BCUT2D eigenvalue weighted by Gasteiger charge is 2.32. The van der Waals surface area contributed by atoms with Gasteiger partial charge in [0.25, 0.3) is 0 Å². The van der Waals surface area contributed by atoms with Crippen molar-refractivity contribution in [1.82, 2.24) is 5.32 Å². The topological polar surface area (TPSA) is 32.3 Å². The summed E-state index contributed by atoms with van der Waals surface area (Å²) in [6, 6.07) is 4.92. The van der Waals surface area contributed by atoms with Gasteiger partial charge in [-0.2, -0.15) is 0 Å². The zero-order chi connectivity index (χ0) is 12.3. The number of hydrogen-bond acceptors (Lipinski definition) is 3. The molecule has 1 fully saturated rings. The van der Waals surface area contributed by atoms with Crippen LogP contribution in [0.25, 0.3) is 0 Å². The van der Waals surface area contributed by atoms with E-state index in [4.69, 9.17) is 0 Å². The van der Waals surface area contributed by atoms with Crippen LogP contribution >= 0.6 is 11.3 Å². The molecule has 0 amide bonds. The first kappa shape index (κ1) is 13.1. The molecule has 96 valence electrons. The van der Waals surface area contributed by atoms with Crippen LogP contribution in [-0.4, -0.2) is 17.8 Å². The van der Waals surface area contributed by atoms with E-state index in [1.807, 2.05) is 18.3 Å². The predicted molar refractivity (Wildman–Crippen MR) is 73.2 cm³/mol. The third kappa shape index (κ3) is 4.09. The Morgan fingerprint density at radius 2 is 2.24 bits per heavy atom. The monoisotopic (exact) mass is 253 g/mol. The first-order valence-electron chi connectivity index (χ1n) is 6.61. The first-order chi connectivity index (χ1) is 8.16. The summed E-state index contributed by atoms with van der Waals surface area (Å²) in [5, 5.41) is 15.2. The number of rotatable bonds is 7. The average molecular weight is 253 g/mol. The van der Waals surface area contributed by atoms with Crippen molar-refractivity contribution in [3.8, 4) is 0 Å². The molecule has 1 aliphatic rings. The number of aliphatic hydroxyl groups excluding tert-OH is 1. The first-order valence-corrected chi connectivity index (χ1v) is 7.49. The minimum absolute atomic E-state index is 0.187. The summed E-state index contributed by atoms with van der Waals surface area (Å²) in [6.07, 6.45) is 3.42. The van der Waals surface area contributed by atoms with Crippen LogP contribution in [0.1, 0.15) is 44.0 Å². The van der Waals surface area contributed by atoms with Crippen LogP contribution in [0, 0.1) is 11.8 Å². The fourth-order valence-corrected chi connectivity index (χ4v) is 3.28. The van der Waals surface area contributed by atoms with Gasteiger partial charge in [-0.1, -0.05) is 13.0 Å². The van der Waals surface area contributed by atoms with Crippen LogP contribution in [0.3, 0.4) is 0 Å². The van der Waals surface area contributed by atoms with Crippen LogP contribution in [-0.2, 0) is 0 Å². The molecule has 3 unspecified atom stereocenters. The van der Waals surface area contributed by atoms with Gasteiger partial charge < -0.3 is 10.4 Å². The molecule has 0 saturated heterocycles. The highest BCUT2D eigenvalue weighted by atomic mass is 32.1. The molecule has 3 atom stereocenters. The minimum Gasteiger partial charge on any atom is -0.393 e. The molecule has 0 radical (unpaired) electrons. The Balaban J connectivity index is 1.82. The van der Waals surface area contributed by atoms with Crippen LogP contribution in [0.5, 0.6) is 0 Å². The van der Waals surface area contributed by atoms with Crippen molar-refractivity contribution >= 4 is 11.3 Å². The smallest absolute Gasteiger partial charge is 0.0515 e. The van der Waals surface area contributed by atoms with Gasteiger partial charge in [-0.05, 0) is 56.0 Å². The van der Waals surface area contributed by atoms with Gasteiger partial charge in [0.2, 0.25) is 0 Å². The Morgan fingerprint density at radius 3 is 2.76 bits per heavy atom. The van der Waals surface area contributed by atoms with Gasteiger partial charge in [0.1, 0.15) is 0 Å². The average Bonchev–Trinajstić information content (AvgIpc) is 2.93. The minimum atomic E-state index is -0.187. The van der Waals surface area contributed by atoms with Crippen molar-refractivity contribution in [2.75, 3.05) is 6.54 Å². The Kier molecular flexibility index (Phi) is 4.60. The molecule has 2 N–H and O–H groups in total. The summed E-state index contributed by atoms with van der Waals surface area (Å²) >= 11 is 1.85. The van der Waals surface area contributed by atoms with Crippen molar-refractivity contribution in [3.05, 3.63) is 22.4 Å². The predicted octanol–water partition coefficient (Wildman–Crippen LogP) is 3.20. The third-order valence-electron chi connectivity index (χ3n) is 3.37. The van der Waals surface area contributed by atoms with E-state index in [0.717, 1.165) is 18.9 Å². The molecular formula is C14H23NOS. The molecule has 0 aromatic carbocycles. The molecule has 0 aliphatic heterocycles. The number of nitrogens with one attached hydrogen (secondary N) is 1. The van der Waals surface area contributed by atoms with Crippen molar-refractivity contribution in [3.63, 3.8) is 0 Å². The largest absolute Gasteiger partial charge is 0.393 e. The van der Waals surface area contributed by atoms with Gasteiger partial charge in [-0.25, -0.2) is 0 Å². The van der Waals surface area contributed by atoms with E-state index in [1.165, 1.54) is 17.7 Å². The molecular weight excluding hydrogens is 230 g/mol. The summed E-state index contributed by atoms with van der Waals surface area (Å²) < 4.78 is 0. The van der Waals surface area contributed by atoms with E-state index in [9.17, 15) is 5.11 Å². The van der Waals surface area contributed by atoms with Gasteiger partial charge in [0, 0.05) is 10.9 Å². The third-order valence-corrected chi connectivity index (χ3v) is 4.33. The second-order valence-electron chi connectivity index (χ2n) is 5.43. The molecule has 1 heterocycles. The lowest BCUT2D eigenvalue weighted by molar-refractivity contribution is 0.162. The molecule has 1 saturated carbocycles. The Labute approximate surface area is 108 Å². The number of aliphatic hydroxyl groups is 1. The number of hydrogen-bond donors (Lipinski definition) is 2. The summed E-state index contributed by atoms with van der Waals surface area (Å²) in [4.78, 5) is 1.47. The van der Waals surface area contributed by atoms with Gasteiger partial charge in [-0.15, -0.1) is 11.3 Å². The second-order valence-corrected chi connectivity index (χ2v) is 6.41. The maximum Gasteiger partial charge on any atom is 0.0515 e. The summed E-state index contributed by atoms with van der Waals surface area (Å²) in [5.74, 6) is 1.38. The van der Waals surface area contributed by atoms with Gasteiger partial charge in [0.15, 0.2) is 0 Å². The van der Waals surface area contributed by atoms with Crippen LogP contribution in [0.4, 0.5) is 0 Å². The lowest BCUT2D eigenvalue weighted by Gasteiger charge is -2.20. The molecule has 1 aromatic heterocycles. The zero-order valence-electron chi connectivity index (χ0n) is 10.7. The summed E-state index contributed by atoms with van der Waals surface area (Å²) in [6.45, 7) is 5.08. The fourth-order valence-electron chi connectivity index (χ4n) is 2.39. The van der Waals surface area contributed by atoms with E-state index >= 15 is 0 Å². The Bertz CT molecular complexity index is 319. The van der Waals surface area contributed by atoms with Gasteiger partial charge in [0.05, 0.1) is 6.10 Å². The Morgan fingerprint density at radius 1 is 1.47 bits per heavy atom. The van der Waals surface area contributed by atoms with E-state index in [1.54, 1.807) is 0 Å². The van der Waals surface area contributed by atoms with Crippen molar-refractivity contribution in [2.45, 2.75) is 45.3 Å². The van der Waals surface area contributed by atoms with Crippen molar-refractivity contribution in [1.29, 1.82) is 0 Å². The molecule has 0 bridgehead atoms. The van der Waals surface area contributed by atoms with Gasteiger partial charge in [-0.3, -0.25) is 0 Å². The van der Waals surface area contributed by atoms with E-state index in [-0.39, 0.29) is 6.10 Å². The van der Waals surface area contributed by atoms with E-state index in [2.05, 4.69) is 29.8 Å². The maximum absolute atomic E-state index is 9.37. The van der Waals surface area contributed by atoms with Gasteiger partial charge >= 0.3 is 0 Å². The second kappa shape index (κ2) is 5.98. The SMILES string of the molecule is CC(O)CC(C)CNC(c1cccs1)C1CC1. The lowest BCUT2D eigenvalue weighted by Crippen LogP contribution is -2.28.